The summed E-state index contributed by atoms with van der Waals surface area (Å²) in [6.07, 6.45) is 1.13. The maximum absolute atomic E-state index is 13.0. The maximum atomic E-state index is 13.0. The Hall–Kier alpha value is -2.69. The molecule has 0 radical (unpaired) electrons. The fourth-order valence-corrected chi connectivity index (χ4v) is 3.05. The number of amides is 1. The molecule has 1 fully saturated rings. The first-order valence-corrected chi connectivity index (χ1v) is 7.88. The quantitative estimate of drug-likeness (QED) is 0.939. The standard InChI is InChI=1S/C19H18FNO3/c20-17-7-5-14(6-8-17)16-9-10-21(12-16)18(22)11-13-1-3-15(4-2-13)19(23)24/h1-8,16H,9-12H2,(H,23,24). The Bertz CT molecular complexity index is 740. The van der Waals surface area contributed by atoms with Crippen molar-refractivity contribution < 1.29 is 19.1 Å². The van der Waals surface area contributed by atoms with Crippen LogP contribution in [-0.2, 0) is 11.2 Å². The molecule has 1 unspecified atom stereocenters. The van der Waals surface area contributed by atoms with Gasteiger partial charge in [-0.1, -0.05) is 24.3 Å². The van der Waals surface area contributed by atoms with E-state index in [2.05, 4.69) is 0 Å². The van der Waals surface area contributed by atoms with Crippen LogP contribution in [0.1, 0.15) is 33.8 Å². The Morgan fingerprint density at radius 3 is 2.38 bits per heavy atom. The molecule has 3 rings (SSSR count). The lowest BCUT2D eigenvalue weighted by atomic mass is 9.98. The molecule has 2 aromatic carbocycles. The number of carboxylic acids is 1. The highest BCUT2D eigenvalue weighted by atomic mass is 19.1. The summed E-state index contributed by atoms with van der Waals surface area (Å²) in [7, 11) is 0. The van der Waals surface area contributed by atoms with E-state index < -0.39 is 5.97 Å². The first kappa shape index (κ1) is 16.2. The van der Waals surface area contributed by atoms with E-state index in [1.165, 1.54) is 24.3 Å². The van der Waals surface area contributed by atoms with Gasteiger partial charge in [-0.15, -0.1) is 0 Å². The molecule has 2 aromatic rings. The van der Waals surface area contributed by atoms with Gasteiger partial charge in [0.25, 0.3) is 0 Å². The lowest BCUT2D eigenvalue weighted by Gasteiger charge is -2.17. The summed E-state index contributed by atoms with van der Waals surface area (Å²) in [5, 5.41) is 8.89. The van der Waals surface area contributed by atoms with Crippen LogP contribution < -0.4 is 0 Å². The van der Waals surface area contributed by atoms with E-state index in [1.54, 1.807) is 24.3 Å². The number of aromatic carboxylic acids is 1. The zero-order valence-corrected chi connectivity index (χ0v) is 13.1. The van der Waals surface area contributed by atoms with Gasteiger partial charge in [-0.2, -0.15) is 0 Å². The highest BCUT2D eigenvalue weighted by Crippen LogP contribution is 2.27. The van der Waals surface area contributed by atoms with Crippen molar-refractivity contribution in [1.29, 1.82) is 0 Å². The summed E-state index contributed by atoms with van der Waals surface area (Å²) >= 11 is 0. The summed E-state index contributed by atoms with van der Waals surface area (Å²) in [6, 6.07) is 12.8. The van der Waals surface area contributed by atoms with E-state index in [0.717, 1.165) is 17.5 Å². The lowest BCUT2D eigenvalue weighted by molar-refractivity contribution is -0.129. The number of hydrogen-bond acceptors (Lipinski definition) is 2. The number of carbonyl (C=O) groups excluding carboxylic acids is 1. The van der Waals surface area contributed by atoms with Crippen LogP contribution >= 0.6 is 0 Å². The van der Waals surface area contributed by atoms with Crippen LogP contribution in [0.2, 0.25) is 0 Å². The molecule has 1 aliphatic rings. The van der Waals surface area contributed by atoms with Crippen LogP contribution in [0.5, 0.6) is 0 Å². The van der Waals surface area contributed by atoms with Gasteiger partial charge >= 0.3 is 5.97 Å². The molecule has 0 saturated carbocycles. The molecule has 0 aromatic heterocycles. The lowest BCUT2D eigenvalue weighted by Crippen LogP contribution is -2.29. The van der Waals surface area contributed by atoms with Crippen LogP contribution in [0.15, 0.2) is 48.5 Å². The number of halogens is 1. The molecule has 1 atom stereocenters. The second kappa shape index (κ2) is 6.83. The Kier molecular flexibility index (Phi) is 4.60. The normalized spacial score (nSPS) is 17.0. The Morgan fingerprint density at radius 1 is 1.08 bits per heavy atom. The zero-order valence-electron chi connectivity index (χ0n) is 13.1. The van der Waals surface area contributed by atoms with Crippen LogP contribution in [0.3, 0.4) is 0 Å². The van der Waals surface area contributed by atoms with Crippen molar-refractivity contribution in [1.82, 2.24) is 4.90 Å². The number of rotatable bonds is 4. The van der Waals surface area contributed by atoms with Crippen molar-refractivity contribution in [2.24, 2.45) is 0 Å². The average molecular weight is 327 g/mol. The van der Waals surface area contributed by atoms with Gasteiger partial charge in [0, 0.05) is 19.0 Å². The van der Waals surface area contributed by atoms with Crippen LogP contribution in [0.4, 0.5) is 4.39 Å². The molecule has 4 nitrogen and oxygen atoms in total. The third-order valence-electron chi connectivity index (χ3n) is 4.44. The van der Waals surface area contributed by atoms with E-state index in [9.17, 15) is 14.0 Å². The topological polar surface area (TPSA) is 57.6 Å². The van der Waals surface area contributed by atoms with Gasteiger partial charge in [0.2, 0.25) is 5.91 Å². The van der Waals surface area contributed by atoms with Gasteiger partial charge in [-0.25, -0.2) is 9.18 Å². The van der Waals surface area contributed by atoms with E-state index >= 15 is 0 Å². The van der Waals surface area contributed by atoms with Crippen molar-refractivity contribution in [2.75, 3.05) is 13.1 Å². The number of likely N-dealkylation sites (tertiary alicyclic amines) is 1. The minimum absolute atomic E-state index is 0.0303. The minimum Gasteiger partial charge on any atom is -0.478 e. The fourth-order valence-electron chi connectivity index (χ4n) is 3.05. The third-order valence-corrected chi connectivity index (χ3v) is 4.44. The van der Waals surface area contributed by atoms with Crippen LogP contribution in [0, 0.1) is 5.82 Å². The summed E-state index contributed by atoms with van der Waals surface area (Å²) in [6.45, 7) is 1.33. The molecule has 1 aliphatic heterocycles. The summed E-state index contributed by atoms with van der Waals surface area (Å²) in [5.41, 5.74) is 2.07. The molecule has 1 amide bonds. The molecule has 124 valence electrons. The molecule has 0 aliphatic carbocycles. The smallest absolute Gasteiger partial charge is 0.335 e. The van der Waals surface area contributed by atoms with E-state index in [1.807, 2.05) is 4.90 Å². The van der Waals surface area contributed by atoms with Crippen molar-refractivity contribution >= 4 is 11.9 Å². The molecule has 0 bridgehead atoms. The summed E-state index contributed by atoms with van der Waals surface area (Å²) in [5.74, 6) is -0.962. The Labute approximate surface area is 139 Å². The Balaban J connectivity index is 1.60. The van der Waals surface area contributed by atoms with Crippen molar-refractivity contribution in [3.8, 4) is 0 Å². The van der Waals surface area contributed by atoms with E-state index in [4.69, 9.17) is 5.11 Å². The van der Waals surface area contributed by atoms with Crippen LogP contribution in [0.25, 0.3) is 0 Å². The average Bonchev–Trinajstić information content (AvgIpc) is 3.06. The summed E-state index contributed by atoms with van der Waals surface area (Å²) < 4.78 is 13.0. The zero-order chi connectivity index (χ0) is 17.1. The predicted octanol–water partition coefficient (Wildman–Crippen LogP) is 3.08. The molecule has 5 heteroatoms. The van der Waals surface area contributed by atoms with Crippen molar-refractivity contribution in [3.63, 3.8) is 0 Å². The van der Waals surface area contributed by atoms with Gasteiger partial charge in [0.05, 0.1) is 12.0 Å². The van der Waals surface area contributed by atoms with Gasteiger partial charge in [0.1, 0.15) is 5.82 Å². The van der Waals surface area contributed by atoms with Gasteiger partial charge in [-0.05, 0) is 41.8 Å². The molecule has 1 saturated heterocycles. The number of nitrogens with zero attached hydrogens (tertiary/aromatic N) is 1. The molecule has 24 heavy (non-hydrogen) atoms. The van der Waals surface area contributed by atoms with Crippen molar-refractivity contribution in [3.05, 3.63) is 71.0 Å². The fraction of sp³-hybridized carbons (Fsp3) is 0.263. The second-order valence-corrected chi connectivity index (χ2v) is 6.06. The number of benzene rings is 2. The predicted molar refractivity (Wildman–Crippen MR) is 87.4 cm³/mol. The monoisotopic (exact) mass is 327 g/mol. The van der Waals surface area contributed by atoms with Gasteiger partial charge in [0.15, 0.2) is 0 Å². The number of carbonyl (C=O) groups is 2. The maximum Gasteiger partial charge on any atom is 0.335 e. The third kappa shape index (κ3) is 3.62. The van der Waals surface area contributed by atoms with E-state index in [0.29, 0.717) is 13.1 Å². The molecule has 1 heterocycles. The number of hydrogen-bond donors (Lipinski definition) is 1. The minimum atomic E-state index is -0.977. The molecular weight excluding hydrogens is 309 g/mol. The Morgan fingerprint density at radius 2 is 1.75 bits per heavy atom. The van der Waals surface area contributed by atoms with Crippen molar-refractivity contribution in [2.45, 2.75) is 18.8 Å². The summed E-state index contributed by atoms with van der Waals surface area (Å²) in [4.78, 5) is 25.1. The largest absolute Gasteiger partial charge is 0.478 e. The SMILES string of the molecule is O=C(O)c1ccc(CC(=O)N2CCC(c3ccc(F)cc3)C2)cc1. The molecular formula is C19H18FNO3. The first-order valence-electron chi connectivity index (χ1n) is 7.88. The van der Waals surface area contributed by atoms with Gasteiger partial charge in [-0.3, -0.25) is 4.79 Å². The van der Waals surface area contributed by atoms with Gasteiger partial charge < -0.3 is 10.0 Å². The van der Waals surface area contributed by atoms with Crippen LogP contribution in [-0.4, -0.2) is 35.0 Å². The molecule has 0 spiro atoms. The highest BCUT2D eigenvalue weighted by Gasteiger charge is 2.27. The van der Waals surface area contributed by atoms with E-state index in [-0.39, 0.29) is 29.6 Å². The highest BCUT2D eigenvalue weighted by molar-refractivity contribution is 5.87. The number of carboxylic acid groups (broad SMARTS) is 1. The molecule has 1 N–H and O–H groups in total. The first-order chi connectivity index (χ1) is 11.5. The second-order valence-electron chi connectivity index (χ2n) is 6.06.